The number of ether oxygens (including phenoxy) is 1. The summed E-state index contributed by atoms with van der Waals surface area (Å²) in [6.45, 7) is 7.05. The van der Waals surface area contributed by atoms with Gasteiger partial charge in [0.15, 0.2) is 0 Å². The number of rotatable bonds is 6. The van der Waals surface area contributed by atoms with E-state index in [1.807, 2.05) is 25.7 Å². The summed E-state index contributed by atoms with van der Waals surface area (Å²) in [6, 6.07) is 0.339. The smallest absolute Gasteiger partial charge is 0.407 e. The Morgan fingerprint density at radius 2 is 1.67 bits per heavy atom. The maximum absolute atomic E-state index is 12.6. The van der Waals surface area contributed by atoms with E-state index in [9.17, 15) is 14.4 Å². The molecule has 1 aliphatic carbocycles. The number of amides is 3. The third-order valence-electron chi connectivity index (χ3n) is 5.22. The van der Waals surface area contributed by atoms with Crippen molar-refractivity contribution in [1.82, 2.24) is 15.5 Å². The van der Waals surface area contributed by atoms with Gasteiger partial charge in [0, 0.05) is 25.7 Å². The van der Waals surface area contributed by atoms with Crippen molar-refractivity contribution < 1.29 is 19.1 Å². The molecular weight excluding hydrogens is 346 g/mol. The second kappa shape index (κ2) is 9.95. The molecule has 7 nitrogen and oxygen atoms in total. The first-order valence-electron chi connectivity index (χ1n) is 10.3. The van der Waals surface area contributed by atoms with E-state index >= 15 is 0 Å². The highest BCUT2D eigenvalue weighted by Crippen LogP contribution is 2.35. The Labute approximate surface area is 162 Å². The molecule has 3 amide bonds. The number of nitrogens with one attached hydrogen (secondary N) is 2. The zero-order valence-electron chi connectivity index (χ0n) is 17.0. The minimum absolute atomic E-state index is 0.0454. The molecule has 2 unspecified atom stereocenters. The van der Waals surface area contributed by atoms with Gasteiger partial charge in [-0.25, -0.2) is 4.79 Å². The highest BCUT2D eigenvalue weighted by Gasteiger charge is 2.35. The molecular formula is C20H35N3O4. The average molecular weight is 382 g/mol. The molecule has 1 aliphatic heterocycles. The molecule has 0 aromatic heterocycles. The molecule has 0 radical (unpaired) electrons. The zero-order chi connectivity index (χ0) is 19.9. The van der Waals surface area contributed by atoms with E-state index < -0.39 is 11.7 Å². The Bertz CT molecular complexity index is 528. The van der Waals surface area contributed by atoms with Gasteiger partial charge in [-0.15, -0.1) is 0 Å². The molecule has 1 heterocycles. The number of alkyl carbamates (subject to hydrolysis) is 1. The maximum atomic E-state index is 12.6. The molecule has 2 N–H and O–H groups in total. The number of carbonyl (C=O) groups excluding carboxylic acids is 3. The van der Waals surface area contributed by atoms with Gasteiger partial charge < -0.3 is 20.3 Å². The third-order valence-corrected chi connectivity index (χ3v) is 5.22. The van der Waals surface area contributed by atoms with E-state index in [2.05, 4.69) is 10.6 Å². The normalized spacial score (nSPS) is 22.6. The molecule has 154 valence electrons. The summed E-state index contributed by atoms with van der Waals surface area (Å²) >= 11 is 0. The highest BCUT2D eigenvalue weighted by atomic mass is 16.6. The van der Waals surface area contributed by atoms with E-state index in [4.69, 9.17) is 4.74 Å². The van der Waals surface area contributed by atoms with Crippen molar-refractivity contribution in [1.29, 1.82) is 0 Å². The summed E-state index contributed by atoms with van der Waals surface area (Å²) in [7, 11) is 0. The van der Waals surface area contributed by atoms with Crippen LogP contribution < -0.4 is 10.6 Å². The lowest BCUT2D eigenvalue weighted by Crippen LogP contribution is -2.50. The van der Waals surface area contributed by atoms with Gasteiger partial charge in [0.05, 0.1) is 0 Å². The quantitative estimate of drug-likeness (QED) is 0.547. The Morgan fingerprint density at radius 3 is 2.41 bits per heavy atom. The van der Waals surface area contributed by atoms with Crippen LogP contribution >= 0.6 is 0 Å². The predicted molar refractivity (Wildman–Crippen MR) is 103 cm³/mol. The number of carbonyl (C=O) groups is 3. The van der Waals surface area contributed by atoms with Crippen LogP contribution in [0.1, 0.15) is 72.1 Å². The van der Waals surface area contributed by atoms with E-state index in [1.54, 1.807) is 0 Å². The summed E-state index contributed by atoms with van der Waals surface area (Å²) in [5.74, 6) is 0.338. The molecule has 2 atom stereocenters. The predicted octanol–water partition coefficient (Wildman–Crippen LogP) is 2.59. The van der Waals surface area contributed by atoms with Crippen LogP contribution in [0.25, 0.3) is 0 Å². The van der Waals surface area contributed by atoms with Gasteiger partial charge in [0.1, 0.15) is 12.0 Å². The summed E-state index contributed by atoms with van der Waals surface area (Å²) in [6.07, 6.45) is 7.05. The van der Waals surface area contributed by atoms with Gasteiger partial charge in [-0.05, 0) is 58.8 Å². The molecule has 27 heavy (non-hydrogen) atoms. The Balaban J connectivity index is 1.62. The van der Waals surface area contributed by atoms with E-state index in [0.29, 0.717) is 31.5 Å². The van der Waals surface area contributed by atoms with Crippen molar-refractivity contribution in [2.24, 2.45) is 5.92 Å². The first-order valence-corrected chi connectivity index (χ1v) is 10.3. The van der Waals surface area contributed by atoms with Crippen LogP contribution in [-0.4, -0.2) is 54.1 Å². The Kier molecular flexibility index (Phi) is 7.92. The number of piperidine rings is 1. The largest absolute Gasteiger partial charge is 0.444 e. The van der Waals surface area contributed by atoms with Gasteiger partial charge in [0.2, 0.25) is 11.8 Å². The molecule has 2 fully saturated rings. The summed E-state index contributed by atoms with van der Waals surface area (Å²) in [5, 5.41) is 5.42. The first-order chi connectivity index (χ1) is 12.8. The topological polar surface area (TPSA) is 87.7 Å². The number of fused-ring (bicyclic) bond motifs is 1. The number of likely N-dealkylation sites (tertiary alicyclic amines) is 1. The maximum Gasteiger partial charge on any atom is 0.407 e. The van der Waals surface area contributed by atoms with Crippen molar-refractivity contribution in [2.75, 3.05) is 19.6 Å². The number of hydrogen-bond acceptors (Lipinski definition) is 4. The van der Waals surface area contributed by atoms with E-state index in [1.165, 1.54) is 25.7 Å². The molecule has 0 aromatic rings. The zero-order valence-corrected chi connectivity index (χ0v) is 17.0. The van der Waals surface area contributed by atoms with Gasteiger partial charge in [-0.1, -0.05) is 12.8 Å². The van der Waals surface area contributed by atoms with Crippen LogP contribution in [0.3, 0.4) is 0 Å². The van der Waals surface area contributed by atoms with Crippen molar-refractivity contribution in [2.45, 2.75) is 83.8 Å². The summed E-state index contributed by atoms with van der Waals surface area (Å²) < 4.78 is 5.14. The van der Waals surface area contributed by atoms with Crippen molar-refractivity contribution >= 4 is 17.9 Å². The van der Waals surface area contributed by atoms with Gasteiger partial charge in [0.25, 0.3) is 0 Å². The second-order valence-electron chi connectivity index (χ2n) is 8.65. The second-order valence-corrected chi connectivity index (χ2v) is 8.65. The number of hydrogen-bond donors (Lipinski definition) is 2. The molecule has 2 rings (SSSR count). The first kappa shape index (κ1) is 21.5. The van der Waals surface area contributed by atoms with E-state index in [0.717, 1.165) is 19.4 Å². The van der Waals surface area contributed by atoms with Crippen molar-refractivity contribution in [3.05, 3.63) is 0 Å². The van der Waals surface area contributed by atoms with Crippen LogP contribution in [-0.2, 0) is 14.3 Å². The molecule has 7 heteroatoms. The van der Waals surface area contributed by atoms with Crippen LogP contribution in [0.5, 0.6) is 0 Å². The molecule has 0 aromatic carbocycles. The molecule has 1 saturated carbocycles. The van der Waals surface area contributed by atoms with Crippen molar-refractivity contribution in [3.8, 4) is 0 Å². The minimum Gasteiger partial charge on any atom is -0.444 e. The summed E-state index contributed by atoms with van der Waals surface area (Å²) in [5.41, 5.74) is -0.523. The molecule has 0 bridgehead atoms. The average Bonchev–Trinajstić information content (AvgIpc) is 2.59. The fourth-order valence-electron chi connectivity index (χ4n) is 4.06. The lowest BCUT2D eigenvalue weighted by atomic mass is 9.78. The van der Waals surface area contributed by atoms with Gasteiger partial charge in [-0.3, -0.25) is 9.59 Å². The van der Waals surface area contributed by atoms with Crippen LogP contribution in [0.15, 0.2) is 0 Å². The fraction of sp³-hybridized carbons (Fsp3) is 0.850. The fourth-order valence-corrected chi connectivity index (χ4v) is 4.06. The van der Waals surface area contributed by atoms with Crippen molar-refractivity contribution in [3.63, 3.8) is 0 Å². The lowest BCUT2D eigenvalue weighted by Gasteiger charge is -2.44. The molecule has 2 aliphatic rings. The van der Waals surface area contributed by atoms with E-state index in [-0.39, 0.29) is 18.2 Å². The standard InChI is InChI=1S/C20H35N3O4/c1-20(2,3)27-19(26)22-12-7-11-21-17(24)14-18(25)23-13-6-9-15-8-4-5-10-16(15)23/h15-16H,4-14H2,1-3H3,(H,21,24)(H,22,26). The van der Waals surface area contributed by atoms with Gasteiger partial charge >= 0.3 is 6.09 Å². The Morgan fingerprint density at radius 1 is 1.00 bits per heavy atom. The van der Waals surface area contributed by atoms with Crippen LogP contribution in [0.2, 0.25) is 0 Å². The molecule has 1 saturated heterocycles. The lowest BCUT2D eigenvalue weighted by molar-refractivity contribution is -0.141. The Hall–Kier alpha value is -1.79. The van der Waals surface area contributed by atoms with Crippen LogP contribution in [0, 0.1) is 5.92 Å². The monoisotopic (exact) mass is 381 g/mol. The third kappa shape index (κ3) is 7.39. The minimum atomic E-state index is -0.523. The summed E-state index contributed by atoms with van der Waals surface area (Å²) in [4.78, 5) is 38.1. The SMILES string of the molecule is CC(C)(C)OC(=O)NCCCNC(=O)CC(=O)N1CCCC2CCCCC21. The van der Waals surface area contributed by atoms with Crippen LogP contribution in [0.4, 0.5) is 4.79 Å². The van der Waals surface area contributed by atoms with Gasteiger partial charge in [-0.2, -0.15) is 0 Å². The highest BCUT2D eigenvalue weighted by molar-refractivity contribution is 5.97. The molecule has 0 spiro atoms. The number of nitrogens with zero attached hydrogens (tertiary/aromatic N) is 1.